The van der Waals surface area contributed by atoms with Gasteiger partial charge in [-0.2, -0.15) is 10.2 Å². The highest BCUT2D eigenvalue weighted by Crippen LogP contribution is 2.24. The Kier molecular flexibility index (Phi) is 2.82. The predicted molar refractivity (Wildman–Crippen MR) is 81.2 cm³/mol. The molecule has 1 aliphatic heterocycles. The van der Waals surface area contributed by atoms with Crippen LogP contribution in [0.25, 0.3) is 5.52 Å². The van der Waals surface area contributed by atoms with E-state index in [4.69, 9.17) is 0 Å². The zero-order chi connectivity index (χ0) is 14.4. The minimum Gasteiger partial charge on any atom is -0.293 e. The van der Waals surface area contributed by atoms with Crippen LogP contribution in [0, 0.1) is 13.8 Å². The summed E-state index contributed by atoms with van der Waals surface area (Å²) in [7, 11) is 0. The van der Waals surface area contributed by atoms with Gasteiger partial charge in [0.25, 0.3) is 0 Å². The van der Waals surface area contributed by atoms with Gasteiger partial charge in [0.2, 0.25) is 0 Å². The van der Waals surface area contributed by atoms with Crippen LogP contribution in [0.2, 0.25) is 0 Å². The van der Waals surface area contributed by atoms with Crippen LogP contribution in [0.15, 0.2) is 36.5 Å². The maximum atomic E-state index is 4.59. The zero-order valence-electron chi connectivity index (χ0n) is 12.4. The van der Waals surface area contributed by atoms with Crippen LogP contribution in [-0.2, 0) is 6.54 Å². The average Bonchev–Trinajstić information content (AvgIpc) is 3.00. The summed E-state index contributed by atoms with van der Waals surface area (Å²) in [5, 5.41) is 8.99. The summed E-state index contributed by atoms with van der Waals surface area (Å²) >= 11 is 0. The highest BCUT2D eigenvalue weighted by molar-refractivity contribution is 5.46. The van der Waals surface area contributed by atoms with Crippen molar-refractivity contribution in [3.63, 3.8) is 0 Å². The first-order valence-corrected chi connectivity index (χ1v) is 7.37. The molecule has 0 unspecified atom stereocenters. The lowest BCUT2D eigenvalue weighted by Gasteiger charge is -2.39. The Balaban J connectivity index is 1.47. The predicted octanol–water partition coefficient (Wildman–Crippen LogP) is 2.20. The van der Waals surface area contributed by atoms with Crippen molar-refractivity contribution in [2.45, 2.75) is 26.4 Å². The SMILES string of the molecule is Cc1cc(C)n(C2CN(Cc3cccc4ccnn34)C2)n1. The minimum atomic E-state index is 0.510. The first-order valence-electron chi connectivity index (χ1n) is 7.37. The summed E-state index contributed by atoms with van der Waals surface area (Å²) in [5.74, 6) is 0. The molecule has 0 bridgehead atoms. The number of fused-ring (bicyclic) bond motifs is 1. The van der Waals surface area contributed by atoms with Gasteiger partial charge >= 0.3 is 0 Å². The number of hydrogen-bond acceptors (Lipinski definition) is 3. The number of pyridine rings is 1. The fraction of sp³-hybridized carbons (Fsp3) is 0.375. The lowest BCUT2D eigenvalue weighted by Crippen LogP contribution is -2.47. The highest BCUT2D eigenvalue weighted by Gasteiger charge is 2.30. The molecule has 1 aliphatic rings. The smallest absolute Gasteiger partial charge is 0.0776 e. The van der Waals surface area contributed by atoms with Gasteiger partial charge < -0.3 is 0 Å². The quantitative estimate of drug-likeness (QED) is 0.739. The molecule has 0 aliphatic carbocycles. The van der Waals surface area contributed by atoms with Gasteiger partial charge in [0.05, 0.1) is 22.9 Å². The second kappa shape index (κ2) is 4.70. The van der Waals surface area contributed by atoms with E-state index in [0.717, 1.165) is 30.8 Å². The molecule has 5 nitrogen and oxygen atoms in total. The van der Waals surface area contributed by atoms with Crippen molar-refractivity contribution in [2.24, 2.45) is 0 Å². The summed E-state index contributed by atoms with van der Waals surface area (Å²) < 4.78 is 4.19. The molecule has 5 heteroatoms. The summed E-state index contributed by atoms with van der Waals surface area (Å²) in [5.41, 5.74) is 4.76. The monoisotopic (exact) mass is 281 g/mol. The Morgan fingerprint density at radius 1 is 1.19 bits per heavy atom. The molecule has 0 spiro atoms. The van der Waals surface area contributed by atoms with Crippen LogP contribution in [0.4, 0.5) is 0 Å². The van der Waals surface area contributed by atoms with Crippen molar-refractivity contribution in [3.05, 3.63) is 53.6 Å². The average molecular weight is 281 g/mol. The van der Waals surface area contributed by atoms with Crippen molar-refractivity contribution in [2.75, 3.05) is 13.1 Å². The molecule has 1 saturated heterocycles. The number of rotatable bonds is 3. The largest absolute Gasteiger partial charge is 0.293 e. The third-order valence-electron chi connectivity index (χ3n) is 4.21. The molecule has 0 amide bonds. The molecule has 4 rings (SSSR count). The first kappa shape index (κ1) is 12.6. The van der Waals surface area contributed by atoms with E-state index < -0.39 is 0 Å². The second-order valence-corrected chi connectivity index (χ2v) is 5.90. The number of aryl methyl sites for hydroxylation is 2. The van der Waals surface area contributed by atoms with Crippen molar-refractivity contribution < 1.29 is 0 Å². The normalized spacial score (nSPS) is 16.5. The van der Waals surface area contributed by atoms with E-state index in [-0.39, 0.29) is 0 Å². The molecular weight excluding hydrogens is 262 g/mol. The fourth-order valence-electron chi connectivity index (χ4n) is 3.20. The van der Waals surface area contributed by atoms with E-state index in [1.807, 2.05) is 16.8 Å². The van der Waals surface area contributed by atoms with Crippen molar-refractivity contribution in [1.82, 2.24) is 24.3 Å². The van der Waals surface area contributed by atoms with Gasteiger partial charge in [-0.3, -0.25) is 9.58 Å². The van der Waals surface area contributed by atoms with Crippen molar-refractivity contribution >= 4 is 5.52 Å². The van der Waals surface area contributed by atoms with Crippen molar-refractivity contribution in [3.8, 4) is 0 Å². The highest BCUT2D eigenvalue weighted by atomic mass is 15.4. The van der Waals surface area contributed by atoms with Gasteiger partial charge in [-0.05, 0) is 38.1 Å². The number of likely N-dealkylation sites (tertiary alicyclic amines) is 1. The molecular formula is C16H19N5. The van der Waals surface area contributed by atoms with Crippen LogP contribution in [0.5, 0.6) is 0 Å². The molecule has 21 heavy (non-hydrogen) atoms. The van der Waals surface area contributed by atoms with Crippen LogP contribution in [-0.4, -0.2) is 37.4 Å². The Labute approximate surface area is 123 Å². The Morgan fingerprint density at radius 2 is 2.05 bits per heavy atom. The first-order chi connectivity index (χ1) is 10.2. The van der Waals surface area contributed by atoms with Gasteiger partial charge in [-0.25, -0.2) is 4.52 Å². The Bertz CT molecular complexity index is 779. The molecule has 0 saturated carbocycles. The van der Waals surface area contributed by atoms with Crippen LogP contribution in [0.3, 0.4) is 0 Å². The van der Waals surface area contributed by atoms with Crippen LogP contribution in [0.1, 0.15) is 23.1 Å². The van der Waals surface area contributed by atoms with E-state index >= 15 is 0 Å². The Morgan fingerprint density at radius 3 is 2.81 bits per heavy atom. The maximum Gasteiger partial charge on any atom is 0.0776 e. The van der Waals surface area contributed by atoms with E-state index in [1.165, 1.54) is 11.4 Å². The summed E-state index contributed by atoms with van der Waals surface area (Å²) in [4.78, 5) is 2.44. The molecule has 1 fully saturated rings. The van der Waals surface area contributed by atoms with E-state index in [2.05, 4.69) is 57.9 Å². The molecule has 3 aromatic rings. The topological polar surface area (TPSA) is 38.4 Å². The number of aromatic nitrogens is 4. The third-order valence-corrected chi connectivity index (χ3v) is 4.21. The zero-order valence-corrected chi connectivity index (χ0v) is 12.4. The molecule has 3 aromatic heterocycles. The van der Waals surface area contributed by atoms with Gasteiger partial charge in [-0.15, -0.1) is 0 Å². The molecule has 108 valence electrons. The van der Waals surface area contributed by atoms with Gasteiger partial charge in [0, 0.05) is 31.5 Å². The lowest BCUT2D eigenvalue weighted by atomic mass is 10.1. The van der Waals surface area contributed by atoms with E-state index in [0.29, 0.717) is 6.04 Å². The van der Waals surface area contributed by atoms with Gasteiger partial charge in [0.15, 0.2) is 0 Å². The number of hydrogen-bond donors (Lipinski definition) is 0. The molecule has 0 N–H and O–H groups in total. The van der Waals surface area contributed by atoms with E-state index in [1.54, 1.807) is 0 Å². The molecule has 0 radical (unpaired) electrons. The fourth-order valence-corrected chi connectivity index (χ4v) is 3.20. The van der Waals surface area contributed by atoms with Crippen LogP contribution >= 0.6 is 0 Å². The summed E-state index contributed by atoms with van der Waals surface area (Å²) in [6.45, 7) is 7.24. The van der Waals surface area contributed by atoms with Gasteiger partial charge in [0.1, 0.15) is 0 Å². The van der Waals surface area contributed by atoms with Crippen LogP contribution < -0.4 is 0 Å². The lowest BCUT2D eigenvalue weighted by molar-refractivity contribution is 0.0873. The standard InChI is InChI=1S/C16H19N5/c1-12-8-13(2)20(18-12)16-10-19(11-16)9-15-5-3-4-14-6-7-17-21(14)15/h3-8,16H,9-11H2,1-2H3. The number of nitrogens with zero attached hydrogens (tertiary/aromatic N) is 5. The van der Waals surface area contributed by atoms with Crippen molar-refractivity contribution in [1.29, 1.82) is 0 Å². The second-order valence-electron chi connectivity index (χ2n) is 5.90. The minimum absolute atomic E-state index is 0.510. The summed E-state index contributed by atoms with van der Waals surface area (Å²) in [6, 6.07) is 11.0. The molecule has 4 heterocycles. The van der Waals surface area contributed by atoms with Gasteiger partial charge in [-0.1, -0.05) is 6.07 Å². The Hall–Kier alpha value is -2.14. The molecule has 0 aromatic carbocycles. The molecule has 0 atom stereocenters. The van der Waals surface area contributed by atoms with E-state index in [9.17, 15) is 0 Å². The maximum absolute atomic E-state index is 4.59. The third kappa shape index (κ3) is 2.14. The summed E-state index contributed by atoms with van der Waals surface area (Å²) in [6.07, 6.45) is 1.85.